The first-order valence-electron chi connectivity index (χ1n) is 6.49. The SMILES string of the molecule is CCNC(CCN(CC(F)(F)F)C1CC1)C(=O)OC. The van der Waals surface area contributed by atoms with Crippen molar-refractivity contribution < 1.29 is 22.7 Å². The number of carbonyl (C=O) groups is 1. The van der Waals surface area contributed by atoms with Crippen molar-refractivity contribution in [2.45, 2.75) is 44.4 Å². The molecule has 0 saturated heterocycles. The molecule has 0 bridgehead atoms. The molecule has 1 rings (SSSR count). The minimum absolute atomic E-state index is 0.0153. The van der Waals surface area contributed by atoms with Crippen LogP contribution in [-0.2, 0) is 9.53 Å². The first-order valence-corrected chi connectivity index (χ1v) is 6.49. The number of esters is 1. The summed E-state index contributed by atoms with van der Waals surface area (Å²) in [6.45, 7) is 1.75. The normalized spacial score (nSPS) is 17.6. The lowest BCUT2D eigenvalue weighted by Crippen LogP contribution is -2.43. The lowest BCUT2D eigenvalue weighted by atomic mass is 10.2. The maximum absolute atomic E-state index is 12.4. The second-order valence-electron chi connectivity index (χ2n) is 4.74. The van der Waals surface area contributed by atoms with Crippen LogP contribution in [0.3, 0.4) is 0 Å². The Balaban J connectivity index is 2.47. The van der Waals surface area contributed by atoms with Crippen LogP contribution in [-0.4, -0.2) is 55.9 Å². The molecule has 0 aromatic carbocycles. The van der Waals surface area contributed by atoms with Crippen LogP contribution in [0.15, 0.2) is 0 Å². The van der Waals surface area contributed by atoms with Crippen LogP contribution in [0.2, 0.25) is 0 Å². The van der Waals surface area contributed by atoms with E-state index in [1.807, 2.05) is 6.92 Å². The summed E-state index contributed by atoms with van der Waals surface area (Å²) in [6.07, 6.45) is -2.25. The van der Waals surface area contributed by atoms with Gasteiger partial charge in [-0.3, -0.25) is 9.69 Å². The number of methoxy groups -OCH3 is 1. The van der Waals surface area contributed by atoms with E-state index in [2.05, 4.69) is 10.1 Å². The van der Waals surface area contributed by atoms with Crippen LogP contribution in [0.4, 0.5) is 13.2 Å². The molecule has 7 heteroatoms. The molecule has 0 heterocycles. The van der Waals surface area contributed by atoms with Gasteiger partial charge in [-0.1, -0.05) is 6.92 Å². The molecule has 0 aromatic heterocycles. The molecule has 1 aliphatic carbocycles. The molecule has 1 atom stereocenters. The molecule has 1 aliphatic rings. The minimum atomic E-state index is -4.19. The fourth-order valence-corrected chi connectivity index (χ4v) is 2.05. The first-order chi connectivity index (χ1) is 8.87. The molecular formula is C12H21F3N2O2. The Labute approximate surface area is 111 Å². The van der Waals surface area contributed by atoms with Crippen molar-refractivity contribution in [3.8, 4) is 0 Å². The van der Waals surface area contributed by atoms with Crippen molar-refractivity contribution in [1.82, 2.24) is 10.2 Å². The predicted octanol–water partition coefficient (Wildman–Crippen LogP) is 1.55. The summed E-state index contributed by atoms with van der Waals surface area (Å²) in [5, 5.41) is 2.93. The highest BCUT2D eigenvalue weighted by atomic mass is 19.4. The van der Waals surface area contributed by atoms with E-state index in [-0.39, 0.29) is 12.6 Å². The van der Waals surface area contributed by atoms with Gasteiger partial charge in [0.25, 0.3) is 0 Å². The molecule has 1 N–H and O–H groups in total. The summed E-state index contributed by atoms with van der Waals surface area (Å²) in [7, 11) is 1.28. The van der Waals surface area contributed by atoms with Crippen molar-refractivity contribution in [3.63, 3.8) is 0 Å². The quantitative estimate of drug-likeness (QED) is 0.686. The summed E-state index contributed by atoms with van der Waals surface area (Å²) in [5.74, 6) is -0.426. The Kier molecular flexibility index (Phi) is 6.06. The topological polar surface area (TPSA) is 41.6 Å². The van der Waals surface area contributed by atoms with Gasteiger partial charge in [-0.05, 0) is 25.8 Å². The van der Waals surface area contributed by atoms with Crippen LogP contribution in [0.5, 0.6) is 0 Å². The van der Waals surface area contributed by atoms with Crippen molar-refractivity contribution in [3.05, 3.63) is 0 Å². The molecule has 0 aliphatic heterocycles. The standard InChI is InChI=1S/C12H21F3N2O2/c1-3-16-10(11(18)19-2)6-7-17(9-4-5-9)8-12(13,14)15/h9-10,16H,3-8H2,1-2H3. The molecule has 4 nitrogen and oxygen atoms in total. The van der Waals surface area contributed by atoms with Gasteiger partial charge in [0.05, 0.1) is 13.7 Å². The van der Waals surface area contributed by atoms with E-state index in [0.717, 1.165) is 12.8 Å². The Morgan fingerprint density at radius 3 is 2.53 bits per heavy atom. The number of rotatable bonds is 8. The van der Waals surface area contributed by atoms with Crippen LogP contribution < -0.4 is 5.32 Å². The van der Waals surface area contributed by atoms with E-state index in [1.54, 1.807) is 0 Å². The highest BCUT2D eigenvalue weighted by Gasteiger charge is 2.38. The third-order valence-electron chi connectivity index (χ3n) is 3.09. The van der Waals surface area contributed by atoms with Crippen LogP contribution in [0.25, 0.3) is 0 Å². The molecule has 0 aromatic rings. The van der Waals surface area contributed by atoms with Gasteiger partial charge in [-0.2, -0.15) is 13.2 Å². The molecular weight excluding hydrogens is 261 g/mol. The zero-order valence-corrected chi connectivity index (χ0v) is 11.3. The van der Waals surface area contributed by atoms with Crippen LogP contribution >= 0.6 is 0 Å². The summed E-state index contributed by atoms with van der Waals surface area (Å²) in [5.41, 5.74) is 0. The second-order valence-corrected chi connectivity index (χ2v) is 4.74. The second kappa shape index (κ2) is 7.09. The summed E-state index contributed by atoms with van der Waals surface area (Å²) in [4.78, 5) is 12.9. The van der Waals surface area contributed by atoms with E-state index in [0.29, 0.717) is 13.0 Å². The fraction of sp³-hybridized carbons (Fsp3) is 0.917. The number of nitrogens with zero attached hydrogens (tertiary/aromatic N) is 1. The van der Waals surface area contributed by atoms with Gasteiger partial charge in [-0.25, -0.2) is 0 Å². The average molecular weight is 282 g/mol. The van der Waals surface area contributed by atoms with Crippen molar-refractivity contribution in [2.75, 3.05) is 26.7 Å². The number of likely N-dealkylation sites (N-methyl/N-ethyl adjacent to an activating group) is 1. The van der Waals surface area contributed by atoms with Gasteiger partial charge in [0.15, 0.2) is 0 Å². The number of nitrogens with one attached hydrogen (secondary N) is 1. The Morgan fingerprint density at radius 2 is 2.11 bits per heavy atom. The van der Waals surface area contributed by atoms with Gasteiger partial charge in [0.1, 0.15) is 6.04 Å². The van der Waals surface area contributed by atoms with Crippen LogP contribution in [0, 0.1) is 0 Å². The average Bonchev–Trinajstić information content (AvgIpc) is 3.14. The monoisotopic (exact) mass is 282 g/mol. The predicted molar refractivity (Wildman–Crippen MR) is 64.7 cm³/mol. The first kappa shape index (κ1) is 16.2. The van der Waals surface area contributed by atoms with Crippen molar-refractivity contribution >= 4 is 5.97 Å². The van der Waals surface area contributed by atoms with Gasteiger partial charge in [0, 0.05) is 12.6 Å². The Bertz CT molecular complexity index is 293. The highest BCUT2D eigenvalue weighted by molar-refractivity contribution is 5.75. The maximum atomic E-state index is 12.4. The zero-order valence-electron chi connectivity index (χ0n) is 11.3. The van der Waals surface area contributed by atoms with Crippen molar-refractivity contribution in [2.24, 2.45) is 0 Å². The number of alkyl halides is 3. The van der Waals surface area contributed by atoms with Crippen LogP contribution in [0.1, 0.15) is 26.2 Å². The number of ether oxygens (including phenoxy) is 1. The lowest BCUT2D eigenvalue weighted by Gasteiger charge is -2.25. The van der Waals surface area contributed by atoms with Gasteiger partial charge in [-0.15, -0.1) is 0 Å². The van der Waals surface area contributed by atoms with Gasteiger partial charge >= 0.3 is 12.1 Å². The Morgan fingerprint density at radius 1 is 1.47 bits per heavy atom. The summed E-state index contributed by atoms with van der Waals surface area (Å²) < 4.78 is 42.0. The van der Waals surface area contributed by atoms with E-state index >= 15 is 0 Å². The van der Waals surface area contributed by atoms with E-state index in [1.165, 1.54) is 12.0 Å². The van der Waals surface area contributed by atoms with Gasteiger partial charge in [0.2, 0.25) is 0 Å². The molecule has 1 unspecified atom stereocenters. The maximum Gasteiger partial charge on any atom is 0.401 e. The lowest BCUT2D eigenvalue weighted by molar-refractivity contribution is -0.148. The van der Waals surface area contributed by atoms with E-state index in [9.17, 15) is 18.0 Å². The molecule has 1 saturated carbocycles. The van der Waals surface area contributed by atoms with E-state index in [4.69, 9.17) is 0 Å². The molecule has 19 heavy (non-hydrogen) atoms. The third kappa shape index (κ3) is 6.24. The number of hydrogen-bond acceptors (Lipinski definition) is 4. The summed E-state index contributed by atoms with van der Waals surface area (Å²) >= 11 is 0. The zero-order chi connectivity index (χ0) is 14.5. The Hall–Kier alpha value is -0.820. The van der Waals surface area contributed by atoms with Gasteiger partial charge < -0.3 is 10.1 Å². The smallest absolute Gasteiger partial charge is 0.401 e. The number of hydrogen-bond donors (Lipinski definition) is 1. The largest absolute Gasteiger partial charge is 0.468 e. The molecule has 0 spiro atoms. The number of carbonyl (C=O) groups excluding carboxylic acids is 1. The molecule has 1 fully saturated rings. The van der Waals surface area contributed by atoms with Crippen molar-refractivity contribution in [1.29, 1.82) is 0 Å². The highest BCUT2D eigenvalue weighted by Crippen LogP contribution is 2.30. The minimum Gasteiger partial charge on any atom is -0.468 e. The molecule has 0 radical (unpaired) electrons. The number of halogens is 3. The van der Waals surface area contributed by atoms with E-state index < -0.39 is 24.7 Å². The molecule has 112 valence electrons. The summed E-state index contributed by atoms with van der Waals surface area (Å²) in [6, 6.07) is -0.522. The molecule has 0 amide bonds. The fourth-order valence-electron chi connectivity index (χ4n) is 2.05. The third-order valence-corrected chi connectivity index (χ3v) is 3.09.